The third-order valence-corrected chi connectivity index (χ3v) is 6.02. The van der Waals surface area contributed by atoms with Crippen molar-refractivity contribution in [3.05, 3.63) is 101 Å². The van der Waals surface area contributed by atoms with Gasteiger partial charge >= 0.3 is 5.97 Å². The summed E-state index contributed by atoms with van der Waals surface area (Å²) in [5.74, 6) is -0.371. The van der Waals surface area contributed by atoms with Gasteiger partial charge < -0.3 is 15.3 Å². The lowest BCUT2D eigenvalue weighted by atomic mass is 9.99. The highest BCUT2D eigenvalue weighted by molar-refractivity contribution is 5.71. The van der Waals surface area contributed by atoms with Gasteiger partial charge in [0.2, 0.25) is 0 Å². The van der Waals surface area contributed by atoms with Gasteiger partial charge in [-0.15, -0.1) is 0 Å². The lowest BCUT2D eigenvalue weighted by Crippen LogP contribution is -2.49. The zero-order valence-corrected chi connectivity index (χ0v) is 17.1. The summed E-state index contributed by atoms with van der Waals surface area (Å²) in [6.45, 7) is 2.36. The molecule has 2 N–H and O–H groups in total. The molecule has 2 aromatic carbocycles. The van der Waals surface area contributed by atoms with E-state index in [1.807, 2.05) is 35.4 Å². The van der Waals surface area contributed by atoms with Crippen molar-refractivity contribution < 1.29 is 14.3 Å². The predicted molar refractivity (Wildman–Crippen MR) is 117 cm³/mol. The first kappa shape index (κ1) is 19.6. The fourth-order valence-corrected chi connectivity index (χ4v) is 4.27. The Labute approximate surface area is 180 Å². The lowest BCUT2D eigenvalue weighted by molar-refractivity contribution is -0.147. The molecule has 5 rings (SSSR count). The Morgan fingerprint density at radius 3 is 2.68 bits per heavy atom. The number of benzene rings is 2. The molecule has 0 amide bonds. The highest BCUT2D eigenvalue weighted by Crippen LogP contribution is 2.29. The van der Waals surface area contributed by atoms with Gasteiger partial charge in [0.25, 0.3) is 0 Å². The van der Waals surface area contributed by atoms with Crippen molar-refractivity contribution >= 4 is 11.7 Å². The molecule has 158 valence electrons. The zero-order chi connectivity index (χ0) is 21.4. The maximum absolute atomic E-state index is 14.9. The first-order valence-electron chi connectivity index (χ1n) is 10.5. The molecule has 0 saturated carbocycles. The molecule has 0 radical (unpaired) electrons. The smallest absolute Gasteiger partial charge is 0.309 e. The van der Waals surface area contributed by atoms with Crippen LogP contribution in [0.2, 0.25) is 0 Å². The van der Waals surface area contributed by atoms with Gasteiger partial charge in [0.15, 0.2) is 0 Å². The minimum atomic E-state index is -0.760. The summed E-state index contributed by atoms with van der Waals surface area (Å²) in [6.07, 6.45) is 7.15. The SMILES string of the molecule is O=C(O)C1CN(Cc2ccc(C3=CN4CC=C(Cc5ccccc5)C=C4N3)c(F)c2)C1. The van der Waals surface area contributed by atoms with E-state index in [0.717, 1.165) is 30.0 Å². The molecule has 0 aliphatic carbocycles. The van der Waals surface area contributed by atoms with E-state index in [2.05, 4.69) is 34.5 Å². The summed E-state index contributed by atoms with van der Waals surface area (Å²) in [6, 6.07) is 15.6. The van der Waals surface area contributed by atoms with E-state index < -0.39 is 5.97 Å². The van der Waals surface area contributed by atoms with Crippen LogP contribution in [-0.4, -0.2) is 40.5 Å². The van der Waals surface area contributed by atoms with Crippen molar-refractivity contribution in [2.75, 3.05) is 19.6 Å². The molecule has 0 atom stereocenters. The molecular formula is C25H24FN3O2. The van der Waals surface area contributed by atoms with E-state index in [1.54, 1.807) is 12.1 Å². The van der Waals surface area contributed by atoms with Crippen LogP contribution < -0.4 is 5.32 Å². The number of carbonyl (C=O) groups is 1. The van der Waals surface area contributed by atoms with Gasteiger partial charge in [-0.1, -0.05) is 42.5 Å². The minimum Gasteiger partial charge on any atom is -0.481 e. The summed E-state index contributed by atoms with van der Waals surface area (Å²) in [4.78, 5) is 15.0. The molecule has 3 aliphatic heterocycles. The van der Waals surface area contributed by atoms with Crippen LogP contribution in [0.1, 0.15) is 16.7 Å². The van der Waals surface area contributed by atoms with Gasteiger partial charge in [-0.25, -0.2) is 4.39 Å². The maximum atomic E-state index is 14.9. The van der Waals surface area contributed by atoms with E-state index in [-0.39, 0.29) is 11.7 Å². The highest BCUT2D eigenvalue weighted by Gasteiger charge is 2.32. The van der Waals surface area contributed by atoms with Gasteiger partial charge in [-0.2, -0.15) is 0 Å². The molecule has 0 unspecified atom stereocenters. The fraction of sp³-hybridized carbons (Fsp3) is 0.240. The Hall–Kier alpha value is -3.38. The Morgan fingerprint density at radius 2 is 1.94 bits per heavy atom. The van der Waals surface area contributed by atoms with E-state index in [1.165, 1.54) is 11.1 Å². The first-order chi connectivity index (χ1) is 15.0. The molecule has 0 bridgehead atoms. The molecule has 2 aromatic rings. The van der Waals surface area contributed by atoms with Crippen molar-refractivity contribution in [1.29, 1.82) is 0 Å². The van der Waals surface area contributed by atoms with E-state index in [0.29, 0.717) is 25.2 Å². The maximum Gasteiger partial charge on any atom is 0.309 e. The Morgan fingerprint density at radius 1 is 1.13 bits per heavy atom. The van der Waals surface area contributed by atoms with Crippen molar-refractivity contribution in [1.82, 2.24) is 15.1 Å². The van der Waals surface area contributed by atoms with E-state index in [9.17, 15) is 9.18 Å². The molecule has 3 aliphatic rings. The van der Waals surface area contributed by atoms with Crippen molar-refractivity contribution in [2.24, 2.45) is 5.92 Å². The average Bonchev–Trinajstić information content (AvgIpc) is 3.14. The normalized spacial score (nSPS) is 18.5. The largest absolute Gasteiger partial charge is 0.481 e. The molecule has 6 heteroatoms. The molecule has 5 nitrogen and oxygen atoms in total. The third kappa shape index (κ3) is 4.11. The van der Waals surface area contributed by atoms with Crippen LogP contribution in [0.3, 0.4) is 0 Å². The van der Waals surface area contributed by atoms with Crippen LogP contribution in [-0.2, 0) is 17.8 Å². The molecular weight excluding hydrogens is 393 g/mol. The summed E-state index contributed by atoms with van der Waals surface area (Å²) < 4.78 is 14.9. The number of nitrogens with zero attached hydrogens (tertiary/aromatic N) is 2. The molecule has 1 fully saturated rings. The van der Waals surface area contributed by atoms with Crippen LogP contribution in [0.4, 0.5) is 4.39 Å². The first-order valence-corrected chi connectivity index (χ1v) is 10.5. The van der Waals surface area contributed by atoms with Crippen molar-refractivity contribution in [2.45, 2.75) is 13.0 Å². The number of fused-ring (bicyclic) bond motifs is 1. The number of halogens is 1. The van der Waals surface area contributed by atoms with Crippen molar-refractivity contribution in [3.63, 3.8) is 0 Å². The number of carboxylic acids is 1. The topological polar surface area (TPSA) is 55.8 Å². The second kappa shape index (κ2) is 8.04. The minimum absolute atomic E-state index is 0.274. The summed E-state index contributed by atoms with van der Waals surface area (Å²) in [5.41, 5.74) is 4.65. The highest BCUT2D eigenvalue weighted by atomic mass is 19.1. The monoisotopic (exact) mass is 417 g/mol. The average molecular weight is 417 g/mol. The van der Waals surface area contributed by atoms with Crippen LogP contribution in [0.5, 0.6) is 0 Å². The quantitative estimate of drug-likeness (QED) is 0.753. The number of hydrogen-bond acceptors (Lipinski definition) is 4. The van der Waals surface area contributed by atoms with Gasteiger partial charge in [-0.3, -0.25) is 9.69 Å². The summed E-state index contributed by atoms with van der Waals surface area (Å²) >= 11 is 0. The fourth-order valence-electron chi connectivity index (χ4n) is 4.27. The van der Waals surface area contributed by atoms with Gasteiger partial charge in [0, 0.05) is 37.9 Å². The van der Waals surface area contributed by atoms with E-state index in [4.69, 9.17) is 5.11 Å². The Bertz CT molecular complexity index is 1100. The number of rotatable bonds is 6. The number of allylic oxidation sites excluding steroid dienone is 2. The summed E-state index contributed by atoms with van der Waals surface area (Å²) in [7, 11) is 0. The van der Waals surface area contributed by atoms with Gasteiger partial charge in [-0.05, 0) is 41.3 Å². The molecule has 0 spiro atoms. The second-order valence-corrected chi connectivity index (χ2v) is 8.33. The number of hydrogen-bond donors (Lipinski definition) is 2. The predicted octanol–water partition coefficient (Wildman–Crippen LogP) is 3.57. The van der Waals surface area contributed by atoms with Crippen LogP contribution in [0.25, 0.3) is 5.70 Å². The van der Waals surface area contributed by atoms with E-state index >= 15 is 0 Å². The number of likely N-dealkylation sites (tertiary alicyclic amines) is 1. The number of nitrogens with one attached hydrogen (secondary N) is 1. The Balaban J connectivity index is 1.24. The third-order valence-electron chi connectivity index (χ3n) is 6.02. The second-order valence-electron chi connectivity index (χ2n) is 8.33. The standard InChI is InChI=1S/C25H24FN3O2/c26-22-11-19(13-28-14-20(15-28)25(30)31)6-7-21(22)23-16-29-9-8-18(12-24(29)27-23)10-17-4-2-1-3-5-17/h1-8,11-12,16,20,27H,9-10,13-15H2,(H,30,31). The lowest BCUT2D eigenvalue weighted by Gasteiger charge is -2.36. The van der Waals surface area contributed by atoms with Gasteiger partial charge in [0.05, 0.1) is 11.6 Å². The van der Waals surface area contributed by atoms with Crippen LogP contribution >= 0.6 is 0 Å². The van der Waals surface area contributed by atoms with Crippen LogP contribution in [0.15, 0.2) is 78.3 Å². The molecule has 3 heterocycles. The Kier molecular flexibility index (Phi) is 5.08. The van der Waals surface area contributed by atoms with Crippen LogP contribution in [0, 0.1) is 11.7 Å². The number of carboxylic acid groups (broad SMARTS) is 1. The molecule has 1 saturated heterocycles. The number of aliphatic carboxylic acids is 1. The zero-order valence-electron chi connectivity index (χ0n) is 17.1. The molecule has 31 heavy (non-hydrogen) atoms. The van der Waals surface area contributed by atoms with Gasteiger partial charge in [0.1, 0.15) is 11.6 Å². The molecule has 0 aromatic heterocycles. The summed E-state index contributed by atoms with van der Waals surface area (Å²) in [5, 5.41) is 12.3. The van der Waals surface area contributed by atoms with Crippen molar-refractivity contribution in [3.8, 4) is 0 Å².